The molecule has 18 heavy (non-hydrogen) atoms. The molecule has 0 aliphatic carbocycles. The Morgan fingerprint density at radius 3 is 2.44 bits per heavy atom. The molecule has 0 fully saturated rings. The van der Waals surface area contributed by atoms with Crippen LogP contribution in [-0.2, 0) is 0 Å². The predicted molar refractivity (Wildman–Crippen MR) is 86.5 cm³/mol. The molecule has 88 valence electrons. The minimum absolute atomic E-state index is 0.833. The third-order valence-corrected chi connectivity index (χ3v) is 4.04. The summed E-state index contributed by atoms with van der Waals surface area (Å²) in [5.41, 5.74) is 9.17. The van der Waals surface area contributed by atoms with Gasteiger partial charge in [0.2, 0.25) is 0 Å². The molecule has 0 saturated heterocycles. The van der Waals surface area contributed by atoms with E-state index in [4.69, 9.17) is 5.73 Å². The summed E-state index contributed by atoms with van der Waals surface area (Å²) in [5, 5.41) is 2.54. The lowest BCUT2D eigenvalue weighted by atomic mass is 9.98. The van der Waals surface area contributed by atoms with Crippen molar-refractivity contribution in [3.8, 4) is 11.1 Å². The van der Waals surface area contributed by atoms with Gasteiger partial charge in [-0.2, -0.15) is 0 Å². The van der Waals surface area contributed by atoms with Gasteiger partial charge in [-0.15, -0.1) is 0 Å². The van der Waals surface area contributed by atoms with Crippen LogP contribution in [0.15, 0.2) is 60.7 Å². The quantitative estimate of drug-likeness (QED) is 0.502. The maximum absolute atomic E-state index is 5.87. The van der Waals surface area contributed by atoms with Crippen LogP contribution in [0, 0.1) is 3.57 Å². The minimum Gasteiger partial charge on any atom is -0.398 e. The molecule has 0 aliphatic rings. The molecule has 0 bridgehead atoms. The first-order valence-electron chi connectivity index (χ1n) is 5.79. The number of anilines is 1. The number of hydrogen-bond acceptors (Lipinski definition) is 1. The fourth-order valence-corrected chi connectivity index (χ4v) is 2.69. The Labute approximate surface area is 120 Å². The molecule has 0 spiro atoms. The highest BCUT2D eigenvalue weighted by Crippen LogP contribution is 2.30. The van der Waals surface area contributed by atoms with Crippen molar-refractivity contribution in [2.24, 2.45) is 0 Å². The summed E-state index contributed by atoms with van der Waals surface area (Å²) in [6.07, 6.45) is 0. The molecule has 3 aromatic carbocycles. The first-order valence-corrected chi connectivity index (χ1v) is 6.87. The molecular weight excluding hydrogens is 333 g/mol. The van der Waals surface area contributed by atoms with E-state index in [1.807, 2.05) is 6.07 Å². The van der Waals surface area contributed by atoms with Gasteiger partial charge in [0, 0.05) is 9.26 Å². The molecule has 0 aromatic heterocycles. The summed E-state index contributed by atoms with van der Waals surface area (Å²) in [6.45, 7) is 0. The second kappa shape index (κ2) is 4.61. The van der Waals surface area contributed by atoms with Crippen LogP contribution < -0.4 is 5.73 Å². The van der Waals surface area contributed by atoms with Gasteiger partial charge in [-0.3, -0.25) is 0 Å². The fraction of sp³-hybridized carbons (Fsp3) is 0. The number of benzene rings is 3. The van der Waals surface area contributed by atoms with Crippen molar-refractivity contribution in [1.29, 1.82) is 0 Å². The van der Waals surface area contributed by atoms with Crippen LogP contribution in [0.3, 0.4) is 0 Å². The van der Waals surface area contributed by atoms with Gasteiger partial charge in [0.05, 0.1) is 0 Å². The van der Waals surface area contributed by atoms with E-state index in [0.717, 1.165) is 9.26 Å². The summed E-state index contributed by atoms with van der Waals surface area (Å²) in [4.78, 5) is 0. The van der Waals surface area contributed by atoms with Crippen molar-refractivity contribution in [1.82, 2.24) is 0 Å². The Bertz CT molecular complexity index is 714. The maximum atomic E-state index is 5.87. The first kappa shape index (κ1) is 11.5. The summed E-state index contributed by atoms with van der Waals surface area (Å²) >= 11 is 2.28. The summed E-state index contributed by atoms with van der Waals surface area (Å²) in [5.74, 6) is 0. The van der Waals surface area contributed by atoms with Crippen molar-refractivity contribution in [3.05, 3.63) is 64.2 Å². The SMILES string of the molecule is Nc1ccc(-c2cccc3ccccc23)cc1I. The molecule has 0 atom stereocenters. The number of rotatable bonds is 1. The van der Waals surface area contributed by atoms with Crippen LogP contribution >= 0.6 is 22.6 Å². The van der Waals surface area contributed by atoms with Crippen LogP contribution in [-0.4, -0.2) is 0 Å². The van der Waals surface area contributed by atoms with Gasteiger partial charge >= 0.3 is 0 Å². The van der Waals surface area contributed by atoms with Gasteiger partial charge in [0.15, 0.2) is 0 Å². The Kier molecular flexibility index (Phi) is 2.96. The predicted octanol–water partition coefficient (Wildman–Crippen LogP) is 4.69. The van der Waals surface area contributed by atoms with Crippen molar-refractivity contribution in [2.45, 2.75) is 0 Å². The second-order valence-electron chi connectivity index (χ2n) is 4.26. The van der Waals surface area contributed by atoms with Crippen LogP contribution in [0.25, 0.3) is 21.9 Å². The Hall–Kier alpha value is -1.55. The number of nitrogen functional groups attached to an aromatic ring is 1. The van der Waals surface area contributed by atoms with Gasteiger partial charge in [-0.25, -0.2) is 0 Å². The van der Waals surface area contributed by atoms with Gasteiger partial charge in [-0.1, -0.05) is 48.5 Å². The van der Waals surface area contributed by atoms with Crippen LogP contribution in [0.4, 0.5) is 5.69 Å². The largest absolute Gasteiger partial charge is 0.398 e. The molecule has 0 heterocycles. The third-order valence-electron chi connectivity index (χ3n) is 3.10. The normalized spacial score (nSPS) is 10.7. The van der Waals surface area contributed by atoms with Crippen molar-refractivity contribution >= 4 is 39.1 Å². The van der Waals surface area contributed by atoms with Crippen molar-refractivity contribution in [2.75, 3.05) is 5.73 Å². The summed E-state index contributed by atoms with van der Waals surface area (Å²) in [7, 11) is 0. The van der Waals surface area contributed by atoms with Gasteiger partial charge < -0.3 is 5.73 Å². The molecular formula is C16H12IN. The monoisotopic (exact) mass is 345 g/mol. The molecule has 0 unspecified atom stereocenters. The van der Waals surface area contributed by atoms with E-state index in [0.29, 0.717) is 0 Å². The Morgan fingerprint density at radius 2 is 1.61 bits per heavy atom. The second-order valence-corrected chi connectivity index (χ2v) is 5.43. The molecule has 2 N–H and O–H groups in total. The third kappa shape index (κ3) is 1.97. The maximum Gasteiger partial charge on any atom is 0.0450 e. The fourth-order valence-electron chi connectivity index (χ4n) is 2.17. The number of nitrogens with two attached hydrogens (primary N) is 1. The van der Waals surface area contributed by atoms with E-state index in [1.165, 1.54) is 21.9 Å². The van der Waals surface area contributed by atoms with Crippen molar-refractivity contribution < 1.29 is 0 Å². The van der Waals surface area contributed by atoms with E-state index in [9.17, 15) is 0 Å². The van der Waals surface area contributed by atoms with Gasteiger partial charge in [0.1, 0.15) is 0 Å². The molecule has 0 saturated carbocycles. The van der Waals surface area contributed by atoms with E-state index in [1.54, 1.807) is 0 Å². The van der Waals surface area contributed by atoms with E-state index in [-0.39, 0.29) is 0 Å². The lowest BCUT2D eigenvalue weighted by Crippen LogP contribution is -1.89. The molecule has 0 radical (unpaired) electrons. The minimum atomic E-state index is 0.833. The van der Waals surface area contributed by atoms with Crippen molar-refractivity contribution in [3.63, 3.8) is 0 Å². The van der Waals surface area contributed by atoms with E-state index < -0.39 is 0 Å². The first-order chi connectivity index (χ1) is 8.75. The van der Waals surface area contributed by atoms with Crippen LogP contribution in [0.1, 0.15) is 0 Å². The van der Waals surface area contributed by atoms with E-state index >= 15 is 0 Å². The molecule has 0 amide bonds. The lowest BCUT2D eigenvalue weighted by molar-refractivity contribution is 1.60. The topological polar surface area (TPSA) is 26.0 Å². The average molecular weight is 345 g/mol. The van der Waals surface area contributed by atoms with Crippen LogP contribution in [0.5, 0.6) is 0 Å². The molecule has 0 aliphatic heterocycles. The zero-order valence-corrected chi connectivity index (χ0v) is 11.9. The summed E-state index contributed by atoms with van der Waals surface area (Å²) in [6, 6.07) is 21.0. The number of halogens is 1. The Morgan fingerprint density at radius 1 is 0.833 bits per heavy atom. The van der Waals surface area contributed by atoms with Gasteiger partial charge in [0.25, 0.3) is 0 Å². The molecule has 2 heteroatoms. The number of fused-ring (bicyclic) bond motifs is 1. The number of hydrogen-bond donors (Lipinski definition) is 1. The smallest absolute Gasteiger partial charge is 0.0450 e. The van der Waals surface area contributed by atoms with Gasteiger partial charge in [-0.05, 0) is 56.6 Å². The highest BCUT2D eigenvalue weighted by atomic mass is 127. The van der Waals surface area contributed by atoms with Crippen LogP contribution in [0.2, 0.25) is 0 Å². The van der Waals surface area contributed by atoms with E-state index in [2.05, 4.69) is 77.2 Å². The molecule has 3 aromatic rings. The zero-order valence-electron chi connectivity index (χ0n) is 9.73. The lowest BCUT2D eigenvalue weighted by Gasteiger charge is -2.08. The molecule has 1 nitrogen and oxygen atoms in total. The standard InChI is InChI=1S/C16H12IN/c17-15-10-12(8-9-16(15)18)14-7-3-5-11-4-1-2-6-13(11)14/h1-10H,18H2. The Balaban J connectivity index is 2.28. The zero-order chi connectivity index (χ0) is 12.5. The molecule has 3 rings (SSSR count). The highest BCUT2D eigenvalue weighted by molar-refractivity contribution is 14.1. The highest BCUT2D eigenvalue weighted by Gasteiger charge is 2.04. The summed E-state index contributed by atoms with van der Waals surface area (Å²) < 4.78 is 1.10. The average Bonchev–Trinajstić information content (AvgIpc) is 2.41.